The number of unbranched alkanes of at least 4 members (excludes halogenated alkanes) is 1. The van der Waals surface area contributed by atoms with Crippen LogP contribution in [0.15, 0.2) is 116 Å². The third kappa shape index (κ3) is 17.4. The number of nitrogens with zero attached hydrogens (tertiary/aromatic N) is 1. The first-order chi connectivity index (χ1) is 36.6. The van der Waals surface area contributed by atoms with Gasteiger partial charge < -0.3 is 64.5 Å². The maximum Gasteiger partial charge on any atom is 0.245 e. The molecule has 21 nitrogen and oxygen atoms in total. The Balaban J connectivity index is 1.39. The van der Waals surface area contributed by atoms with E-state index in [0.717, 1.165) is 21.6 Å². The molecule has 15 N–H and O–H groups in total. The third-order valence-corrected chi connectivity index (χ3v) is 15.0. The number of rotatable bonds is 14. The van der Waals surface area contributed by atoms with E-state index in [2.05, 4.69) is 47.2 Å². The molecule has 0 spiro atoms. The number of amides is 8. The molecule has 404 valence electrons. The summed E-state index contributed by atoms with van der Waals surface area (Å²) in [5.74, 6) is -6.63. The third-order valence-electron chi connectivity index (χ3n) is 12.6. The van der Waals surface area contributed by atoms with Gasteiger partial charge in [-0.1, -0.05) is 113 Å². The van der Waals surface area contributed by atoms with Crippen LogP contribution in [0.5, 0.6) is 0 Å². The number of aliphatic hydroxyl groups is 1. The van der Waals surface area contributed by atoms with Crippen LogP contribution in [0.4, 0.5) is 0 Å². The minimum atomic E-state index is -1.67. The van der Waals surface area contributed by atoms with E-state index in [0.29, 0.717) is 46.0 Å². The fraction of sp³-hybridized carbons (Fsp3) is 0.377. The Bertz CT molecular complexity index is 2760. The molecule has 6 rings (SSSR count). The van der Waals surface area contributed by atoms with Crippen molar-refractivity contribution in [1.29, 1.82) is 0 Å². The second-order valence-electron chi connectivity index (χ2n) is 18.5. The van der Waals surface area contributed by atoms with E-state index in [1.165, 1.54) is 6.92 Å². The number of hydrogen-bond acceptors (Lipinski definition) is 14. The van der Waals surface area contributed by atoms with E-state index >= 15 is 0 Å². The SMILES string of the molecule is C[C@@H](O)[C@@H]1NC(=O)[C@H](CCCCN)NC(=O)[C@@H](Cc2c[nH]c3cnccc23)NC(=O)[C@H](Cc2ccccc2)NC(=O)[C@H](Cc2ccccc2)NC(=O)[C@H](N)CSSC[C@@H](C(N)=O)NC(=O)[C@H](Cc2ccccc2)NC1=O. The topological polar surface area (TPSA) is 348 Å². The van der Waals surface area contributed by atoms with Gasteiger partial charge in [-0.05, 0) is 61.1 Å². The van der Waals surface area contributed by atoms with Gasteiger partial charge in [0, 0.05) is 55.0 Å². The highest BCUT2D eigenvalue weighted by molar-refractivity contribution is 8.76. The Morgan fingerprint density at radius 3 is 1.58 bits per heavy atom. The van der Waals surface area contributed by atoms with Crippen molar-refractivity contribution in [2.75, 3.05) is 18.1 Å². The van der Waals surface area contributed by atoms with Crippen LogP contribution in [-0.4, -0.2) is 135 Å². The number of carbonyl (C=O) groups excluding carboxylic acids is 8. The molecule has 1 aliphatic heterocycles. The summed E-state index contributed by atoms with van der Waals surface area (Å²) in [5.41, 5.74) is 21.2. The second-order valence-corrected chi connectivity index (χ2v) is 21.0. The van der Waals surface area contributed by atoms with Gasteiger partial charge in [-0.15, -0.1) is 0 Å². The number of hydrogen-bond donors (Lipinski definition) is 12. The van der Waals surface area contributed by atoms with Crippen LogP contribution in [0.3, 0.4) is 0 Å². The number of nitrogens with one attached hydrogen (secondary N) is 8. The molecule has 1 fully saturated rings. The van der Waals surface area contributed by atoms with Gasteiger partial charge >= 0.3 is 0 Å². The summed E-state index contributed by atoms with van der Waals surface area (Å²) in [6.07, 6.45) is 3.85. The Morgan fingerprint density at radius 1 is 0.605 bits per heavy atom. The summed E-state index contributed by atoms with van der Waals surface area (Å²) in [7, 11) is 2.20. The lowest BCUT2D eigenvalue weighted by molar-refractivity contribution is -0.137. The molecule has 0 unspecified atom stereocenters. The number of H-pyrrole nitrogens is 1. The number of aromatic amines is 1. The highest BCUT2D eigenvalue weighted by Gasteiger charge is 2.36. The Kier molecular flexibility index (Phi) is 22.2. The quantitative estimate of drug-likeness (QED) is 0.0513. The molecule has 0 aliphatic carbocycles. The number of fused-ring (bicyclic) bond motifs is 1. The molecule has 1 saturated heterocycles. The van der Waals surface area contributed by atoms with Crippen molar-refractivity contribution < 1.29 is 43.5 Å². The van der Waals surface area contributed by atoms with Crippen molar-refractivity contribution in [3.63, 3.8) is 0 Å². The largest absolute Gasteiger partial charge is 0.391 e. The maximum atomic E-state index is 14.8. The molecule has 0 bridgehead atoms. The molecular formula is C53H66N12O9S2. The zero-order chi connectivity index (χ0) is 54.6. The standard InChI is InChI=1S/C53H66N12O9S2/c1-31(66)45-53(74)63-41(25-34-17-9-4-10-18-34)51(72)64-44(46(56)67)30-76-75-29-37(55)47(68)60-39(23-32-13-5-2-6-14-32)49(70)61-40(24-33-15-7-3-8-16-33)50(71)62-42(26-35-27-58-43-28-57-22-20-36(35)43)52(73)59-38(48(69)65-45)19-11-12-21-54/h2-10,13-18,20,22,27-28,31,37-42,44-45,58,66H,11-12,19,21,23-26,29-30,54-55H2,1H3,(H2,56,67)(H,59,73)(H,60,68)(H,61,70)(H,62,71)(H,63,74)(H,64,72)(H,65,69)/t31-,37-,38+,39+,40+,41+,42-,44+,45+/m1/s1. The van der Waals surface area contributed by atoms with Gasteiger partial charge in [0.1, 0.15) is 42.3 Å². The van der Waals surface area contributed by atoms with Crippen LogP contribution in [0, 0.1) is 0 Å². The minimum Gasteiger partial charge on any atom is -0.391 e. The lowest BCUT2D eigenvalue weighted by atomic mass is 10.00. The lowest BCUT2D eigenvalue weighted by Crippen LogP contribution is -2.62. The average molecular weight is 1080 g/mol. The van der Waals surface area contributed by atoms with Gasteiger partial charge in [-0.25, -0.2) is 0 Å². The minimum absolute atomic E-state index is 0.00237. The summed E-state index contributed by atoms with van der Waals surface area (Å²) < 4.78 is 0. The second kappa shape index (κ2) is 29.1. The van der Waals surface area contributed by atoms with Crippen molar-refractivity contribution in [3.05, 3.63) is 138 Å². The zero-order valence-electron chi connectivity index (χ0n) is 41.9. The van der Waals surface area contributed by atoms with Crippen LogP contribution < -0.4 is 54.4 Å². The first-order valence-corrected chi connectivity index (χ1v) is 27.4. The van der Waals surface area contributed by atoms with E-state index < -0.39 is 102 Å². The molecule has 2 aromatic heterocycles. The molecule has 76 heavy (non-hydrogen) atoms. The number of pyridine rings is 1. The summed E-state index contributed by atoms with van der Waals surface area (Å²) in [6.45, 7) is 1.52. The molecule has 3 aromatic carbocycles. The van der Waals surface area contributed by atoms with Crippen LogP contribution in [-0.2, 0) is 64.0 Å². The molecule has 5 aromatic rings. The van der Waals surface area contributed by atoms with Gasteiger partial charge in [-0.2, -0.15) is 0 Å². The van der Waals surface area contributed by atoms with Crippen molar-refractivity contribution in [3.8, 4) is 0 Å². The fourth-order valence-corrected chi connectivity index (χ4v) is 10.7. The monoisotopic (exact) mass is 1080 g/mol. The van der Waals surface area contributed by atoms with Crippen LogP contribution >= 0.6 is 21.6 Å². The molecular weight excluding hydrogens is 1010 g/mol. The van der Waals surface area contributed by atoms with Gasteiger partial charge in [0.05, 0.1) is 23.9 Å². The van der Waals surface area contributed by atoms with E-state index in [1.807, 2.05) is 0 Å². The first-order valence-electron chi connectivity index (χ1n) is 24.9. The van der Waals surface area contributed by atoms with Gasteiger partial charge in [0.15, 0.2) is 0 Å². The number of aliphatic hydroxyl groups excluding tert-OH is 1. The Morgan fingerprint density at radius 2 is 1.07 bits per heavy atom. The van der Waals surface area contributed by atoms with E-state index in [9.17, 15) is 43.5 Å². The zero-order valence-corrected chi connectivity index (χ0v) is 43.6. The van der Waals surface area contributed by atoms with Crippen LogP contribution in [0.1, 0.15) is 48.4 Å². The molecule has 8 amide bonds. The maximum absolute atomic E-state index is 14.8. The number of benzene rings is 3. The molecule has 1 aliphatic rings. The van der Waals surface area contributed by atoms with Crippen LogP contribution in [0.25, 0.3) is 10.9 Å². The molecule has 0 saturated carbocycles. The van der Waals surface area contributed by atoms with Crippen molar-refractivity contribution in [1.82, 2.24) is 47.2 Å². The fourth-order valence-electron chi connectivity index (χ4n) is 8.37. The summed E-state index contributed by atoms with van der Waals surface area (Å²) in [5, 5.41) is 30.7. The van der Waals surface area contributed by atoms with Gasteiger partial charge in [-0.3, -0.25) is 43.3 Å². The van der Waals surface area contributed by atoms with Gasteiger partial charge in [0.25, 0.3) is 0 Å². The summed E-state index contributed by atoms with van der Waals surface area (Å²) in [6, 6.07) is 17.4. The Labute approximate surface area is 448 Å². The number of nitrogens with two attached hydrogens (primary N) is 3. The number of aromatic nitrogens is 2. The Hall–Kier alpha value is -7.31. The highest BCUT2D eigenvalue weighted by atomic mass is 33.1. The summed E-state index contributed by atoms with van der Waals surface area (Å²) in [4.78, 5) is 121. The molecule has 9 atom stereocenters. The van der Waals surface area contributed by atoms with E-state index in [1.54, 1.807) is 116 Å². The number of carbonyl (C=O) groups is 8. The summed E-state index contributed by atoms with van der Waals surface area (Å²) >= 11 is 0. The average Bonchev–Trinajstić information content (AvgIpc) is 3.82. The molecule has 0 radical (unpaired) electrons. The predicted octanol–water partition coefficient (Wildman–Crippen LogP) is -0.0555. The van der Waals surface area contributed by atoms with E-state index in [-0.39, 0.29) is 50.2 Å². The van der Waals surface area contributed by atoms with Crippen molar-refractivity contribution in [2.24, 2.45) is 17.2 Å². The number of primary amides is 1. The van der Waals surface area contributed by atoms with Crippen molar-refractivity contribution in [2.45, 2.75) is 106 Å². The molecule has 3 heterocycles. The van der Waals surface area contributed by atoms with Crippen LogP contribution in [0.2, 0.25) is 0 Å². The lowest BCUT2D eigenvalue weighted by Gasteiger charge is -2.29. The van der Waals surface area contributed by atoms with Crippen molar-refractivity contribution >= 4 is 79.7 Å². The van der Waals surface area contributed by atoms with E-state index in [4.69, 9.17) is 17.2 Å². The predicted molar refractivity (Wildman–Crippen MR) is 290 cm³/mol. The highest BCUT2D eigenvalue weighted by Crippen LogP contribution is 2.23. The smallest absolute Gasteiger partial charge is 0.245 e. The van der Waals surface area contributed by atoms with Gasteiger partial charge in [0.2, 0.25) is 47.3 Å². The normalized spacial score (nSPS) is 23.7. The molecule has 23 heteroatoms. The first kappa shape index (κ1) is 58.0.